The Balaban J connectivity index is 2.60. The molecule has 15 heavy (non-hydrogen) atoms. The van der Waals surface area contributed by atoms with Crippen LogP contribution in [-0.4, -0.2) is 10.2 Å². The molecule has 3 nitrogen and oxygen atoms in total. The second kappa shape index (κ2) is 5.73. The van der Waals surface area contributed by atoms with Crippen LogP contribution < -0.4 is 5.73 Å². The maximum Gasteiger partial charge on any atom is 0.115 e. The summed E-state index contributed by atoms with van der Waals surface area (Å²) in [6.07, 6.45) is 1.03. The Morgan fingerprint density at radius 3 is 2.40 bits per heavy atom. The minimum Gasteiger partial charge on any atom is -0.508 e. The van der Waals surface area contributed by atoms with Crippen molar-refractivity contribution in [3.05, 3.63) is 36.4 Å². The highest BCUT2D eigenvalue weighted by Gasteiger charge is 2.13. The van der Waals surface area contributed by atoms with Crippen LogP contribution in [0.25, 0.3) is 0 Å². The van der Waals surface area contributed by atoms with Crippen molar-refractivity contribution in [2.24, 2.45) is 11.7 Å². The number of hydrogen-bond donors (Lipinski definition) is 3. The lowest BCUT2D eigenvalue weighted by molar-refractivity contribution is 0.148. The van der Waals surface area contributed by atoms with Crippen LogP contribution in [0.5, 0.6) is 5.75 Å². The Hall–Kier alpha value is -1.06. The number of rotatable bonds is 5. The largest absolute Gasteiger partial charge is 0.508 e. The van der Waals surface area contributed by atoms with E-state index in [1.54, 1.807) is 30.8 Å². The summed E-state index contributed by atoms with van der Waals surface area (Å²) < 4.78 is 0. The molecule has 0 fully saturated rings. The van der Waals surface area contributed by atoms with E-state index in [0.29, 0.717) is 6.42 Å². The molecule has 1 rings (SSSR count). The van der Waals surface area contributed by atoms with Crippen LogP contribution >= 0.6 is 0 Å². The third-order valence-corrected chi connectivity index (χ3v) is 2.60. The maximum absolute atomic E-state index is 9.89. The van der Waals surface area contributed by atoms with Gasteiger partial charge in [-0.3, -0.25) is 0 Å². The molecular formula is C12H18NO2. The van der Waals surface area contributed by atoms with Crippen molar-refractivity contribution in [3.63, 3.8) is 0 Å². The Morgan fingerprint density at radius 2 is 1.93 bits per heavy atom. The van der Waals surface area contributed by atoms with Crippen LogP contribution in [0, 0.1) is 12.5 Å². The van der Waals surface area contributed by atoms with Gasteiger partial charge in [0.1, 0.15) is 5.75 Å². The molecule has 0 aliphatic carbocycles. The van der Waals surface area contributed by atoms with Gasteiger partial charge in [0.15, 0.2) is 0 Å². The first-order chi connectivity index (χ1) is 7.17. The Morgan fingerprint density at radius 1 is 1.33 bits per heavy atom. The van der Waals surface area contributed by atoms with Gasteiger partial charge in [0.05, 0.1) is 6.10 Å². The lowest BCUT2D eigenvalue weighted by atomic mass is 9.95. The molecule has 0 aromatic heterocycles. The quantitative estimate of drug-likeness (QED) is 0.693. The van der Waals surface area contributed by atoms with E-state index in [0.717, 1.165) is 12.0 Å². The van der Waals surface area contributed by atoms with Crippen LogP contribution in [-0.2, 0) is 0 Å². The van der Waals surface area contributed by atoms with Crippen molar-refractivity contribution in [3.8, 4) is 5.75 Å². The molecule has 2 atom stereocenters. The van der Waals surface area contributed by atoms with Crippen LogP contribution in [0.3, 0.4) is 0 Å². The summed E-state index contributed by atoms with van der Waals surface area (Å²) in [6, 6.07) is 6.60. The Kier molecular flexibility index (Phi) is 4.59. The third-order valence-electron chi connectivity index (χ3n) is 2.60. The molecule has 1 radical (unpaired) electrons. The monoisotopic (exact) mass is 208 g/mol. The molecule has 83 valence electrons. The van der Waals surface area contributed by atoms with E-state index in [1.165, 1.54) is 0 Å². The number of benzene rings is 1. The lowest BCUT2D eigenvalue weighted by Crippen LogP contribution is -2.11. The summed E-state index contributed by atoms with van der Waals surface area (Å²) in [5.41, 5.74) is 6.27. The first kappa shape index (κ1) is 12.0. The first-order valence-corrected chi connectivity index (χ1v) is 5.19. The minimum absolute atomic E-state index is 0.211. The molecule has 1 aromatic carbocycles. The fraction of sp³-hybridized carbons (Fsp3) is 0.417. The van der Waals surface area contributed by atoms with E-state index >= 15 is 0 Å². The van der Waals surface area contributed by atoms with Gasteiger partial charge in [0, 0.05) is 6.54 Å². The summed E-state index contributed by atoms with van der Waals surface area (Å²) >= 11 is 0. The van der Waals surface area contributed by atoms with Crippen molar-refractivity contribution in [1.82, 2.24) is 0 Å². The highest BCUT2D eigenvalue weighted by molar-refractivity contribution is 5.27. The lowest BCUT2D eigenvalue weighted by Gasteiger charge is -2.17. The SMILES string of the molecule is CCC([CH]N)CC(O)c1ccc(O)cc1. The van der Waals surface area contributed by atoms with Crippen LogP contribution in [0.2, 0.25) is 0 Å². The van der Waals surface area contributed by atoms with Gasteiger partial charge in [-0.1, -0.05) is 25.5 Å². The molecule has 4 N–H and O–H groups in total. The summed E-state index contributed by atoms with van der Waals surface area (Å²) in [6.45, 7) is 3.67. The van der Waals surface area contributed by atoms with E-state index in [4.69, 9.17) is 10.8 Å². The van der Waals surface area contributed by atoms with Gasteiger partial charge in [0.25, 0.3) is 0 Å². The maximum atomic E-state index is 9.89. The standard InChI is InChI=1S/C12H18NO2/c1-2-9(8-13)7-12(15)10-3-5-11(14)6-4-10/h3-6,8-9,12,14-15H,2,7,13H2,1H3. The first-order valence-electron chi connectivity index (χ1n) is 5.19. The molecule has 0 heterocycles. The molecule has 3 heteroatoms. The summed E-state index contributed by atoms with van der Waals surface area (Å²) in [7, 11) is 0. The third kappa shape index (κ3) is 3.53. The number of aliphatic hydroxyl groups is 1. The minimum atomic E-state index is -0.518. The van der Waals surface area contributed by atoms with E-state index in [1.807, 2.05) is 6.92 Å². The fourth-order valence-corrected chi connectivity index (χ4v) is 1.50. The van der Waals surface area contributed by atoms with E-state index in [-0.39, 0.29) is 11.7 Å². The summed E-state index contributed by atoms with van der Waals surface area (Å²) in [5, 5.41) is 19.0. The molecule has 2 unspecified atom stereocenters. The number of phenols is 1. The number of hydrogen-bond acceptors (Lipinski definition) is 3. The summed E-state index contributed by atoms with van der Waals surface area (Å²) in [4.78, 5) is 0. The topological polar surface area (TPSA) is 66.5 Å². The zero-order valence-electron chi connectivity index (χ0n) is 8.93. The van der Waals surface area contributed by atoms with Crippen LogP contribution in [0.15, 0.2) is 24.3 Å². The number of nitrogens with two attached hydrogens (primary N) is 1. The number of phenolic OH excluding ortho intramolecular Hbond substituents is 1. The van der Waals surface area contributed by atoms with Gasteiger partial charge in [-0.15, -0.1) is 0 Å². The van der Waals surface area contributed by atoms with Gasteiger partial charge in [-0.05, 0) is 30.0 Å². The average molecular weight is 208 g/mol. The molecule has 0 spiro atoms. The van der Waals surface area contributed by atoms with Gasteiger partial charge in [0.2, 0.25) is 0 Å². The number of aromatic hydroxyl groups is 1. The predicted octanol–water partition coefficient (Wildman–Crippen LogP) is 1.96. The Labute approximate surface area is 90.5 Å². The highest BCUT2D eigenvalue weighted by Crippen LogP contribution is 2.24. The molecule has 0 bridgehead atoms. The predicted molar refractivity (Wildman–Crippen MR) is 60.0 cm³/mol. The van der Waals surface area contributed by atoms with Crippen molar-refractivity contribution < 1.29 is 10.2 Å². The molecule has 0 saturated carbocycles. The fourth-order valence-electron chi connectivity index (χ4n) is 1.50. The molecule has 0 amide bonds. The van der Waals surface area contributed by atoms with Gasteiger partial charge >= 0.3 is 0 Å². The second-order valence-corrected chi connectivity index (χ2v) is 3.70. The van der Waals surface area contributed by atoms with E-state index in [9.17, 15) is 5.11 Å². The van der Waals surface area contributed by atoms with Crippen molar-refractivity contribution in [2.45, 2.75) is 25.9 Å². The smallest absolute Gasteiger partial charge is 0.115 e. The zero-order valence-corrected chi connectivity index (χ0v) is 8.93. The van der Waals surface area contributed by atoms with Gasteiger partial charge < -0.3 is 15.9 Å². The molecule has 0 saturated heterocycles. The molecule has 1 aromatic rings. The second-order valence-electron chi connectivity index (χ2n) is 3.70. The highest BCUT2D eigenvalue weighted by atomic mass is 16.3. The van der Waals surface area contributed by atoms with Gasteiger partial charge in [-0.25, -0.2) is 0 Å². The number of aliphatic hydroxyl groups excluding tert-OH is 1. The zero-order chi connectivity index (χ0) is 11.3. The van der Waals surface area contributed by atoms with Crippen molar-refractivity contribution in [1.29, 1.82) is 0 Å². The van der Waals surface area contributed by atoms with Crippen LogP contribution in [0.4, 0.5) is 0 Å². The molecule has 0 aliphatic heterocycles. The van der Waals surface area contributed by atoms with Crippen LogP contribution in [0.1, 0.15) is 31.4 Å². The molecule has 0 aliphatic rings. The van der Waals surface area contributed by atoms with Crippen molar-refractivity contribution in [2.75, 3.05) is 0 Å². The van der Waals surface area contributed by atoms with E-state index in [2.05, 4.69) is 0 Å². The molecular weight excluding hydrogens is 190 g/mol. The normalized spacial score (nSPS) is 14.9. The van der Waals surface area contributed by atoms with Gasteiger partial charge in [-0.2, -0.15) is 0 Å². The summed E-state index contributed by atoms with van der Waals surface area (Å²) in [5.74, 6) is 0.442. The Bertz CT molecular complexity index is 280. The average Bonchev–Trinajstić information content (AvgIpc) is 2.26. The van der Waals surface area contributed by atoms with Crippen molar-refractivity contribution >= 4 is 0 Å². The van der Waals surface area contributed by atoms with E-state index < -0.39 is 6.10 Å².